The number of aromatic nitrogens is 1. The van der Waals surface area contributed by atoms with Crippen molar-refractivity contribution in [2.45, 2.75) is 46.1 Å². The molecule has 1 rings (SSSR count). The summed E-state index contributed by atoms with van der Waals surface area (Å²) in [6.07, 6.45) is 3.40. The molecule has 1 atom stereocenters. The zero-order valence-corrected chi connectivity index (χ0v) is 12.4. The highest BCUT2D eigenvalue weighted by molar-refractivity contribution is 5.90. The van der Waals surface area contributed by atoms with Crippen molar-refractivity contribution >= 4 is 11.8 Å². The van der Waals surface area contributed by atoms with Crippen molar-refractivity contribution in [1.29, 1.82) is 0 Å². The molecule has 4 heteroatoms. The molecule has 106 valence electrons. The monoisotopic (exact) mass is 265 g/mol. The SMILES string of the molecule is COC(=O)c1cccn1C(C)(CCC(C)C)C(C)=O. The van der Waals surface area contributed by atoms with Gasteiger partial charge in [-0.2, -0.15) is 0 Å². The van der Waals surface area contributed by atoms with Crippen LogP contribution in [0, 0.1) is 5.92 Å². The lowest BCUT2D eigenvalue weighted by Crippen LogP contribution is -2.39. The van der Waals surface area contributed by atoms with E-state index in [-0.39, 0.29) is 5.78 Å². The Kier molecular flexibility index (Phi) is 4.92. The summed E-state index contributed by atoms with van der Waals surface area (Å²) in [5, 5.41) is 0. The third-order valence-corrected chi connectivity index (χ3v) is 3.64. The first kappa shape index (κ1) is 15.5. The molecular formula is C15H23NO3. The number of esters is 1. The fourth-order valence-corrected chi connectivity index (χ4v) is 2.12. The van der Waals surface area contributed by atoms with Gasteiger partial charge in [0.1, 0.15) is 11.2 Å². The number of ketones is 1. The predicted octanol–water partition coefficient (Wildman–Crippen LogP) is 3.02. The van der Waals surface area contributed by atoms with E-state index in [1.54, 1.807) is 29.8 Å². The van der Waals surface area contributed by atoms with Crippen LogP contribution < -0.4 is 0 Å². The summed E-state index contributed by atoms with van der Waals surface area (Å²) in [6.45, 7) is 7.69. The Balaban J connectivity index is 3.16. The predicted molar refractivity (Wildman–Crippen MR) is 74.2 cm³/mol. The average Bonchev–Trinajstić information content (AvgIpc) is 2.84. The fraction of sp³-hybridized carbons (Fsp3) is 0.600. The number of methoxy groups -OCH3 is 1. The van der Waals surface area contributed by atoms with Crippen molar-refractivity contribution in [2.24, 2.45) is 5.92 Å². The van der Waals surface area contributed by atoms with Gasteiger partial charge in [0, 0.05) is 6.20 Å². The van der Waals surface area contributed by atoms with Crippen molar-refractivity contribution in [3.8, 4) is 0 Å². The largest absolute Gasteiger partial charge is 0.464 e. The zero-order chi connectivity index (χ0) is 14.6. The van der Waals surface area contributed by atoms with E-state index in [1.165, 1.54) is 7.11 Å². The van der Waals surface area contributed by atoms with E-state index in [0.717, 1.165) is 6.42 Å². The summed E-state index contributed by atoms with van der Waals surface area (Å²) < 4.78 is 6.50. The van der Waals surface area contributed by atoms with Crippen LogP contribution in [0.2, 0.25) is 0 Å². The van der Waals surface area contributed by atoms with Crippen LogP contribution in [-0.4, -0.2) is 23.4 Å². The highest BCUT2D eigenvalue weighted by atomic mass is 16.5. The molecule has 1 heterocycles. The van der Waals surface area contributed by atoms with Gasteiger partial charge in [-0.1, -0.05) is 13.8 Å². The molecule has 0 amide bonds. The summed E-state index contributed by atoms with van der Waals surface area (Å²) in [5.41, 5.74) is -0.277. The summed E-state index contributed by atoms with van der Waals surface area (Å²) in [7, 11) is 1.35. The van der Waals surface area contributed by atoms with Crippen LogP contribution in [0.5, 0.6) is 0 Å². The molecule has 1 unspecified atom stereocenters. The Bertz CT molecular complexity index is 462. The molecule has 1 aromatic heterocycles. The van der Waals surface area contributed by atoms with Crippen LogP contribution in [0.1, 0.15) is 51.0 Å². The van der Waals surface area contributed by atoms with Gasteiger partial charge in [0.25, 0.3) is 0 Å². The van der Waals surface area contributed by atoms with E-state index < -0.39 is 11.5 Å². The van der Waals surface area contributed by atoms with Gasteiger partial charge in [-0.25, -0.2) is 4.79 Å². The van der Waals surface area contributed by atoms with Crippen LogP contribution in [0.25, 0.3) is 0 Å². The number of hydrogen-bond acceptors (Lipinski definition) is 3. The minimum atomic E-state index is -0.697. The quantitative estimate of drug-likeness (QED) is 0.743. The maximum Gasteiger partial charge on any atom is 0.354 e. The Morgan fingerprint density at radius 1 is 1.42 bits per heavy atom. The van der Waals surface area contributed by atoms with E-state index in [1.807, 2.05) is 6.92 Å². The normalized spacial score (nSPS) is 14.2. The number of hydrogen-bond donors (Lipinski definition) is 0. The average molecular weight is 265 g/mol. The second kappa shape index (κ2) is 6.04. The van der Waals surface area contributed by atoms with Crippen LogP contribution in [0.15, 0.2) is 18.3 Å². The van der Waals surface area contributed by atoms with Crippen LogP contribution >= 0.6 is 0 Å². The molecule has 1 aromatic rings. The fourth-order valence-electron chi connectivity index (χ4n) is 2.12. The van der Waals surface area contributed by atoms with E-state index >= 15 is 0 Å². The highest BCUT2D eigenvalue weighted by Gasteiger charge is 2.34. The Morgan fingerprint density at radius 3 is 2.53 bits per heavy atom. The molecule has 4 nitrogen and oxygen atoms in total. The van der Waals surface area contributed by atoms with Crippen molar-refractivity contribution in [3.05, 3.63) is 24.0 Å². The van der Waals surface area contributed by atoms with E-state index in [4.69, 9.17) is 4.74 Å². The van der Waals surface area contributed by atoms with E-state index in [9.17, 15) is 9.59 Å². The van der Waals surface area contributed by atoms with E-state index in [2.05, 4.69) is 13.8 Å². The van der Waals surface area contributed by atoms with Gasteiger partial charge in [-0.3, -0.25) is 4.79 Å². The first-order valence-corrected chi connectivity index (χ1v) is 6.60. The molecule has 0 aliphatic rings. The summed E-state index contributed by atoms with van der Waals surface area (Å²) in [4.78, 5) is 23.8. The Hall–Kier alpha value is -1.58. The van der Waals surface area contributed by atoms with Gasteiger partial charge in [-0.05, 0) is 44.7 Å². The van der Waals surface area contributed by atoms with Crippen LogP contribution in [0.4, 0.5) is 0 Å². The number of carbonyl (C=O) groups excluding carboxylic acids is 2. The van der Waals surface area contributed by atoms with Crippen molar-refractivity contribution in [3.63, 3.8) is 0 Å². The standard InChI is InChI=1S/C15H23NO3/c1-11(2)8-9-15(4,12(3)17)16-10-6-7-13(16)14(18)19-5/h6-7,10-11H,8-9H2,1-5H3. The van der Waals surface area contributed by atoms with Crippen molar-refractivity contribution in [2.75, 3.05) is 7.11 Å². The molecule has 0 saturated heterocycles. The summed E-state index contributed by atoms with van der Waals surface area (Å²) >= 11 is 0. The smallest absolute Gasteiger partial charge is 0.354 e. The number of nitrogens with zero attached hydrogens (tertiary/aromatic N) is 1. The molecule has 0 aliphatic heterocycles. The highest BCUT2D eigenvalue weighted by Crippen LogP contribution is 2.28. The Labute approximate surface area is 114 Å². The molecule has 0 saturated carbocycles. The van der Waals surface area contributed by atoms with E-state index in [0.29, 0.717) is 18.0 Å². The third kappa shape index (κ3) is 3.25. The van der Waals surface area contributed by atoms with Crippen LogP contribution in [0.3, 0.4) is 0 Å². The zero-order valence-electron chi connectivity index (χ0n) is 12.4. The topological polar surface area (TPSA) is 48.3 Å². The second-order valence-electron chi connectivity index (χ2n) is 5.52. The van der Waals surface area contributed by atoms with Gasteiger partial charge < -0.3 is 9.30 Å². The lowest BCUT2D eigenvalue weighted by Gasteiger charge is -2.31. The minimum absolute atomic E-state index is 0.0505. The molecule has 0 aliphatic carbocycles. The number of ether oxygens (including phenoxy) is 1. The van der Waals surface area contributed by atoms with Crippen LogP contribution in [-0.2, 0) is 15.1 Å². The Morgan fingerprint density at radius 2 is 2.05 bits per heavy atom. The van der Waals surface area contributed by atoms with Gasteiger partial charge in [0.15, 0.2) is 5.78 Å². The molecule has 0 bridgehead atoms. The molecule has 0 N–H and O–H groups in total. The first-order valence-electron chi connectivity index (χ1n) is 6.60. The second-order valence-corrected chi connectivity index (χ2v) is 5.52. The van der Waals surface area contributed by atoms with Crippen molar-refractivity contribution in [1.82, 2.24) is 4.57 Å². The van der Waals surface area contributed by atoms with Gasteiger partial charge in [-0.15, -0.1) is 0 Å². The van der Waals surface area contributed by atoms with Gasteiger partial charge >= 0.3 is 5.97 Å². The molecule has 0 aromatic carbocycles. The van der Waals surface area contributed by atoms with Gasteiger partial charge in [0.05, 0.1) is 7.11 Å². The van der Waals surface area contributed by atoms with Gasteiger partial charge in [0.2, 0.25) is 0 Å². The molecule has 0 spiro atoms. The lowest BCUT2D eigenvalue weighted by atomic mass is 9.88. The lowest BCUT2D eigenvalue weighted by molar-refractivity contribution is -0.125. The maximum atomic E-state index is 12.1. The summed E-state index contributed by atoms with van der Waals surface area (Å²) in [5.74, 6) is 0.146. The third-order valence-electron chi connectivity index (χ3n) is 3.64. The number of Topliss-reactive ketones (excluding diaryl/α,β-unsaturated/α-hetero) is 1. The number of rotatable bonds is 6. The summed E-state index contributed by atoms with van der Waals surface area (Å²) in [6, 6.07) is 3.45. The number of carbonyl (C=O) groups is 2. The van der Waals surface area contributed by atoms with Crippen molar-refractivity contribution < 1.29 is 14.3 Å². The molecule has 0 fully saturated rings. The molecule has 19 heavy (non-hydrogen) atoms. The first-order chi connectivity index (χ1) is 8.82. The minimum Gasteiger partial charge on any atom is -0.464 e. The molecule has 0 radical (unpaired) electrons. The molecular weight excluding hydrogens is 242 g/mol. The maximum absolute atomic E-state index is 12.1.